The van der Waals surface area contributed by atoms with Crippen molar-refractivity contribution in [2.24, 2.45) is 5.92 Å². The van der Waals surface area contributed by atoms with Gasteiger partial charge >= 0.3 is 0 Å². The van der Waals surface area contributed by atoms with Gasteiger partial charge in [-0.2, -0.15) is 0 Å². The van der Waals surface area contributed by atoms with Crippen molar-refractivity contribution in [1.82, 2.24) is 14.8 Å². The number of pyridine rings is 1. The molecule has 1 amide bonds. The minimum atomic E-state index is -0.190. The largest absolute Gasteiger partial charge is 0.383 e. The van der Waals surface area contributed by atoms with Crippen molar-refractivity contribution >= 4 is 16.8 Å². The van der Waals surface area contributed by atoms with Crippen LogP contribution < -0.4 is 0 Å². The number of fused-ring (bicyclic) bond motifs is 1. The summed E-state index contributed by atoms with van der Waals surface area (Å²) in [4.78, 5) is 21.9. The van der Waals surface area contributed by atoms with Crippen LogP contribution in [0.4, 0.5) is 0 Å². The molecule has 0 aliphatic carbocycles. The summed E-state index contributed by atoms with van der Waals surface area (Å²) in [5, 5.41) is 1.00. The third-order valence-electron chi connectivity index (χ3n) is 6.20. The number of rotatable bonds is 6. The molecule has 2 fully saturated rings. The average molecular weight is 398 g/mol. The zero-order valence-corrected chi connectivity index (χ0v) is 17.5. The Hall–Kier alpha value is -2.02. The SMILES string of the molecule is COCCN(C)C[C@H]1CO[C@]2(CCCN(C(=O)c3cnc4ccccc4c3)C2)C1. The van der Waals surface area contributed by atoms with E-state index in [0.717, 1.165) is 63.0 Å². The second-order valence-corrected chi connectivity index (χ2v) is 8.57. The van der Waals surface area contributed by atoms with Crippen LogP contribution in [-0.2, 0) is 9.47 Å². The number of ether oxygens (including phenoxy) is 2. The highest BCUT2D eigenvalue weighted by atomic mass is 16.5. The molecule has 0 unspecified atom stereocenters. The van der Waals surface area contributed by atoms with Crippen LogP contribution in [0.5, 0.6) is 0 Å². The lowest BCUT2D eigenvalue weighted by Crippen LogP contribution is -2.50. The number of para-hydroxylation sites is 1. The molecule has 1 aromatic heterocycles. The molecule has 0 radical (unpaired) electrons. The number of methoxy groups -OCH3 is 1. The fourth-order valence-electron chi connectivity index (χ4n) is 4.76. The van der Waals surface area contributed by atoms with Crippen LogP contribution in [0, 0.1) is 5.92 Å². The van der Waals surface area contributed by atoms with Gasteiger partial charge in [0.25, 0.3) is 5.91 Å². The molecule has 2 aromatic rings. The van der Waals surface area contributed by atoms with Crippen molar-refractivity contribution in [1.29, 1.82) is 0 Å². The lowest BCUT2D eigenvalue weighted by atomic mass is 9.86. The van der Waals surface area contributed by atoms with Gasteiger partial charge in [0, 0.05) is 44.9 Å². The Bertz CT molecular complexity index is 858. The van der Waals surface area contributed by atoms with Crippen molar-refractivity contribution < 1.29 is 14.3 Å². The van der Waals surface area contributed by atoms with Crippen LogP contribution in [0.15, 0.2) is 36.5 Å². The highest BCUT2D eigenvalue weighted by Crippen LogP contribution is 2.38. The molecule has 2 aliphatic rings. The van der Waals surface area contributed by atoms with Crippen LogP contribution in [-0.4, -0.2) is 79.8 Å². The number of likely N-dealkylation sites (N-methyl/N-ethyl adjacent to an activating group) is 1. The smallest absolute Gasteiger partial charge is 0.255 e. The molecule has 3 heterocycles. The molecule has 29 heavy (non-hydrogen) atoms. The van der Waals surface area contributed by atoms with Gasteiger partial charge in [0.1, 0.15) is 0 Å². The quantitative estimate of drug-likeness (QED) is 0.750. The first-order valence-corrected chi connectivity index (χ1v) is 10.5. The number of hydrogen-bond donors (Lipinski definition) is 0. The molecular formula is C23H31N3O3. The Morgan fingerprint density at radius 1 is 1.41 bits per heavy atom. The van der Waals surface area contributed by atoms with E-state index in [1.165, 1.54) is 0 Å². The first kappa shape index (κ1) is 20.3. The summed E-state index contributed by atoms with van der Waals surface area (Å²) in [5.41, 5.74) is 1.39. The standard InChI is InChI=1S/C23H31N3O3/c1-25(10-11-28-2)15-18-13-23(29-16-18)8-5-9-26(17-23)22(27)20-12-19-6-3-4-7-21(19)24-14-20/h3-4,6-7,12,14,18H,5,8-11,13,15-17H2,1-2H3/t18-,23+/m0/s1. The molecular weight excluding hydrogens is 366 g/mol. The molecule has 4 rings (SSSR count). The lowest BCUT2D eigenvalue weighted by molar-refractivity contribution is -0.0450. The van der Waals surface area contributed by atoms with Crippen LogP contribution >= 0.6 is 0 Å². The van der Waals surface area contributed by atoms with Gasteiger partial charge in [-0.1, -0.05) is 18.2 Å². The predicted octanol–water partition coefficient (Wildman–Crippen LogP) is 2.82. The number of carbonyl (C=O) groups is 1. The van der Waals surface area contributed by atoms with Crippen molar-refractivity contribution in [3.8, 4) is 0 Å². The van der Waals surface area contributed by atoms with E-state index in [4.69, 9.17) is 9.47 Å². The monoisotopic (exact) mass is 397 g/mol. The Morgan fingerprint density at radius 3 is 3.14 bits per heavy atom. The maximum absolute atomic E-state index is 13.2. The number of amides is 1. The van der Waals surface area contributed by atoms with Crippen molar-refractivity contribution in [3.05, 3.63) is 42.1 Å². The minimum absolute atomic E-state index is 0.0617. The number of aromatic nitrogens is 1. The fourth-order valence-corrected chi connectivity index (χ4v) is 4.76. The summed E-state index contributed by atoms with van der Waals surface area (Å²) in [6, 6.07) is 9.86. The van der Waals surface area contributed by atoms with Crippen LogP contribution in [0.25, 0.3) is 10.9 Å². The molecule has 1 aromatic carbocycles. The van der Waals surface area contributed by atoms with Crippen LogP contribution in [0.1, 0.15) is 29.6 Å². The minimum Gasteiger partial charge on any atom is -0.383 e. The van der Waals surface area contributed by atoms with E-state index >= 15 is 0 Å². The zero-order chi connectivity index (χ0) is 20.3. The number of piperidine rings is 1. The maximum atomic E-state index is 13.2. The summed E-state index contributed by atoms with van der Waals surface area (Å²) in [7, 11) is 3.87. The van der Waals surface area contributed by atoms with Gasteiger partial charge in [0.15, 0.2) is 0 Å². The van der Waals surface area contributed by atoms with Crippen molar-refractivity contribution in [2.75, 3.05) is 53.6 Å². The lowest BCUT2D eigenvalue weighted by Gasteiger charge is -2.40. The molecule has 2 atom stereocenters. The normalized spacial score (nSPS) is 24.7. The average Bonchev–Trinajstić information content (AvgIpc) is 3.12. The van der Waals surface area contributed by atoms with E-state index in [9.17, 15) is 4.79 Å². The van der Waals surface area contributed by atoms with Gasteiger partial charge in [-0.15, -0.1) is 0 Å². The van der Waals surface area contributed by atoms with E-state index in [1.54, 1.807) is 13.3 Å². The fraction of sp³-hybridized carbons (Fsp3) is 0.565. The number of benzene rings is 1. The van der Waals surface area contributed by atoms with Gasteiger partial charge in [0.2, 0.25) is 0 Å². The first-order valence-electron chi connectivity index (χ1n) is 10.5. The molecule has 0 bridgehead atoms. The molecule has 0 saturated carbocycles. The number of carbonyl (C=O) groups excluding carboxylic acids is 1. The van der Waals surface area contributed by atoms with Crippen LogP contribution in [0.3, 0.4) is 0 Å². The molecule has 6 nitrogen and oxygen atoms in total. The summed E-state index contributed by atoms with van der Waals surface area (Å²) >= 11 is 0. The first-order chi connectivity index (χ1) is 14.1. The number of nitrogens with zero attached hydrogens (tertiary/aromatic N) is 3. The van der Waals surface area contributed by atoms with E-state index in [0.29, 0.717) is 18.0 Å². The van der Waals surface area contributed by atoms with E-state index < -0.39 is 0 Å². The second-order valence-electron chi connectivity index (χ2n) is 8.57. The molecule has 2 saturated heterocycles. The Labute approximate surface area is 172 Å². The second kappa shape index (κ2) is 8.78. The third-order valence-corrected chi connectivity index (χ3v) is 6.20. The number of likely N-dealkylation sites (tertiary alicyclic amines) is 1. The van der Waals surface area contributed by atoms with Gasteiger partial charge < -0.3 is 19.3 Å². The van der Waals surface area contributed by atoms with Crippen molar-refractivity contribution in [2.45, 2.75) is 24.9 Å². The molecule has 156 valence electrons. The Morgan fingerprint density at radius 2 is 2.28 bits per heavy atom. The van der Waals surface area contributed by atoms with Gasteiger partial charge in [0.05, 0.1) is 29.9 Å². The zero-order valence-electron chi connectivity index (χ0n) is 17.5. The highest BCUT2D eigenvalue weighted by Gasteiger charge is 2.44. The summed E-state index contributed by atoms with van der Waals surface area (Å²) in [6.45, 7) is 4.92. The van der Waals surface area contributed by atoms with Crippen molar-refractivity contribution in [3.63, 3.8) is 0 Å². The molecule has 1 spiro atoms. The molecule has 2 aliphatic heterocycles. The Balaban J connectivity index is 1.40. The van der Waals surface area contributed by atoms with E-state index in [1.807, 2.05) is 35.2 Å². The number of hydrogen-bond acceptors (Lipinski definition) is 5. The summed E-state index contributed by atoms with van der Waals surface area (Å²) < 4.78 is 11.5. The third kappa shape index (κ3) is 4.60. The van der Waals surface area contributed by atoms with E-state index in [2.05, 4.69) is 16.9 Å². The highest BCUT2D eigenvalue weighted by molar-refractivity contribution is 5.97. The summed E-state index contributed by atoms with van der Waals surface area (Å²) in [5.74, 6) is 0.570. The Kier molecular flexibility index (Phi) is 6.13. The van der Waals surface area contributed by atoms with Gasteiger partial charge in [-0.05, 0) is 44.4 Å². The summed E-state index contributed by atoms with van der Waals surface area (Å²) in [6.07, 6.45) is 4.74. The maximum Gasteiger partial charge on any atom is 0.255 e. The van der Waals surface area contributed by atoms with Gasteiger partial charge in [-0.25, -0.2) is 0 Å². The van der Waals surface area contributed by atoms with Gasteiger partial charge in [-0.3, -0.25) is 9.78 Å². The molecule has 6 heteroatoms. The van der Waals surface area contributed by atoms with E-state index in [-0.39, 0.29) is 11.5 Å². The topological polar surface area (TPSA) is 54.9 Å². The predicted molar refractivity (Wildman–Crippen MR) is 113 cm³/mol. The molecule has 0 N–H and O–H groups in total. The van der Waals surface area contributed by atoms with Crippen LogP contribution in [0.2, 0.25) is 0 Å².